The number of hydrogen-bond acceptors (Lipinski definition) is 3. The summed E-state index contributed by atoms with van der Waals surface area (Å²) in [4.78, 5) is 4.07. The fourth-order valence-corrected chi connectivity index (χ4v) is 2.00. The van der Waals surface area contributed by atoms with Gasteiger partial charge in [0.15, 0.2) is 11.6 Å². The van der Waals surface area contributed by atoms with E-state index < -0.39 is 5.82 Å². The molecule has 0 aliphatic heterocycles. The van der Waals surface area contributed by atoms with Crippen LogP contribution >= 0.6 is 11.6 Å². The van der Waals surface area contributed by atoms with Gasteiger partial charge in [0.25, 0.3) is 0 Å². The predicted octanol–water partition coefficient (Wildman–Crippen LogP) is 3.92. The number of hydrogen-bond donors (Lipinski definition) is 1. The molecule has 1 aliphatic carbocycles. The van der Waals surface area contributed by atoms with Crippen molar-refractivity contribution < 1.29 is 9.13 Å². The number of nitrogens with one attached hydrogen (secondary N) is 1. The van der Waals surface area contributed by atoms with Crippen LogP contribution in [-0.2, 0) is 6.54 Å². The second-order valence-electron chi connectivity index (χ2n) is 4.80. The molecule has 0 radical (unpaired) electrons. The van der Waals surface area contributed by atoms with E-state index in [0.717, 1.165) is 5.56 Å². The standard InChI is InChI=1S/C15H14ClFN2O/c16-12-9-19-15(7-10(12)8-18-11-5-6-11)20-14-4-2-1-3-13(14)17/h1-4,7,9,11,18H,5-6,8H2. The van der Waals surface area contributed by atoms with Gasteiger partial charge in [-0.15, -0.1) is 0 Å². The molecule has 3 rings (SSSR count). The largest absolute Gasteiger partial charge is 0.436 e. The van der Waals surface area contributed by atoms with Crippen LogP contribution < -0.4 is 10.1 Å². The molecule has 104 valence electrons. The molecule has 1 heterocycles. The minimum absolute atomic E-state index is 0.156. The Bertz CT molecular complexity index is 617. The zero-order valence-electron chi connectivity index (χ0n) is 10.8. The van der Waals surface area contributed by atoms with E-state index in [1.807, 2.05) is 0 Å². The summed E-state index contributed by atoms with van der Waals surface area (Å²) in [5, 5.41) is 3.96. The third-order valence-electron chi connectivity index (χ3n) is 3.12. The second kappa shape index (κ2) is 5.77. The van der Waals surface area contributed by atoms with E-state index in [0.29, 0.717) is 23.5 Å². The lowest BCUT2D eigenvalue weighted by Gasteiger charge is -2.09. The van der Waals surface area contributed by atoms with Crippen molar-refractivity contribution in [2.75, 3.05) is 0 Å². The van der Waals surface area contributed by atoms with Crippen LogP contribution in [0.4, 0.5) is 4.39 Å². The third kappa shape index (κ3) is 3.26. The monoisotopic (exact) mass is 292 g/mol. The molecule has 1 N–H and O–H groups in total. The number of benzene rings is 1. The van der Waals surface area contributed by atoms with E-state index in [-0.39, 0.29) is 5.75 Å². The van der Waals surface area contributed by atoms with Gasteiger partial charge in [0.2, 0.25) is 5.88 Å². The van der Waals surface area contributed by atoms with Crippen molar-refractivity contribution in [3.8, 4) is 11.6 Å². The van der Waals surface area contributed by atoms with E-state index in [2.05, 4.69) is 10.3 Å². The Kier molecular flexibility index (Phi) is 3.85. The lowest BCUT2D eigenvalue weighted by atomic mass is 10.2. The van der Waals surface area contributed by atoms with Crippen LogP contribution in [0.1, 0.15) is 18.4 Å². The van der Waals surface area contributed by atoms with Crippen LogP contribution in [0.3, 0.4) is 0 Å². The van der Waals surface area contributed by atoms with Gasteiger partial charge in [0, 0.05) is 24.8 Å². The molecule has 0 unspecified atom stereocenters. The van der Waals surface area contributed by atoms with Crippen LogP contribution in [0.5, 0.6) is 11.6 Å². The summed E-state index contributed by atoms with van der Waals surface area (Å²) in [7, 11) is 0. The molecule has 5 heteroatoms. The van der Waals surface area contributed by atoms with Gasteiger partial charge < -0.3 is 10.1 Å². The average Bonchev–Trinajstić information content (AvgIpc) is 3.26. The fraction of sp³-hybridized carbons (Fsp3) is 0.267. The van der Waals surface area contributed by atoms with Gasteiger partial charge in [-0.3, -0.25) is 0 Å². The summed E-state index contributed by atoms with van der Waals surface area (Å²) in [5.74, 6) is 0.0810. The minimum atomic E-state index is -0.415. The van der Waals surface area contributed by atoms with Crippen LogP contribution in [0.15, 0.2) is 36.5 Å². The Hall–Kier alpha value is -1.65. The van der Waals surface area contributed by atoms with Crippen LogP contribution in [0.2, 0.25) is 5.02 Å². The molecular formula is C15H14ClFN2O. The Morgan fingerprint density at radius 3 is 2.90 bits per heavy atom. The Morgan fingerprint density at radius 1 is 1.35 bits per heavy atom. The van der Waals surface area contributed by atoms with Gasteiger partial charge in [-0.1, -0.05) is 23.7 Å². The lowest BCUT2D eigenvalue weighted by Crippen LogP contribution is -2.15. The van der Waals surface area contributed by atoms with Gasteiger partial charge in [-0.05, 0) is 30.5 Å². The number of pyridine rings is 1. The topological polar surface area (TPSA) is 34.1 Å². The molecule has 1 aromatic carbocycles. The van der Waals surface area contributed by atoms with E-state index in [1.54, 1.807) is 24.3 Å². The number of para-hydroxylation sites is 1. The SMILES string of the molecule is Fc1ccccc1Oc1cc(CNC2CC2)c(Cl)cn1. The number of ether oxygens (including phenoxy) is 1. The number of halogens is 2. The molecule has 0 atom stereocenters. The quantitative estimate of drug-likeness (QED) is 0.907. The van der Waals surface area contributed by atoms with Crippen LogP contribution in [0.25, 0.3) is 0 Å². The van der Waals surface area contributed by atoms with Gasteiger partial charge >= 0.3 is 0 Å². The molecule has 1 saturated carbocycles. The summed E-state index contributed by atoms with van der Waals surface area (Å²) in [6.45, 7) is 0.666. The summed E-state index contributed by atoms with van der Waals surface area (Å²) < 4.78 is 19.0. The maximum Gasteiger partial charge on any atom is 0.219 e. The van der Waals surface area contributed by atoms with Crippen LogP contribution in [0, 0.1) is 5.82 Å². The van der Waals surface area contributed by atoms with Crippen molar-refractivity contribution in [2.24, 2.45) is 0 Å². The highest BCUT2D eigenvalue weighted by molar-refractivity contribution is 6.31. The fourth-order valence-electron chi connectivity index (χ4n) is 1.83. The normalized spacial score (nSPS) is 14.3. The zero-order chi connectivity index (χ0) is 13.9. The molecule has 20 heavy (non-hydrogen) atoms. The summed E-state index contributed by atoms with van der Waals surface area (Å²) in [6.07, 6.45) is 3.95. The van der Waals surface area contributed by atoms with Crippen molar-refractivity contribution in [2.45, 2.75) is 25.4 Å². The molecule has 0 saturated heterocycles. The first-order chi connectivity index (χ1) is 9.72. The highest BCUT2D eigenvalue weighted by Gasteiger charge is 2.20. The van der Waals surface area contributed by atoms with Crippen molar-refractivity contribution in [1.29, 1.82) is 0 Å². The molecule has 1 aliphatic rings. The number of nitrogens with zero attached hydrogens (tertiary/aromatic N) is 1. The first kappa shape index (κ1) is 13.3. The molecule has 1 aromatic heterocycles. The summed E-state index contributed by atoms with van der Waals surface area (Å²) in [5.41, 5.74) is 0.903. The summed E-state index contributed by atoms with van der Waals surface area (Å²) >= 11 is 6.10. The molecule has 1 fully saturated rings. The summed E-state index contributed by atoms with van der Waals surface area (Å²) in [6, 6.07) is 8.57. The molecule has 2 aromatic rings. The minimum Gasteiger partial charge on any atom is -0.436 e. The molecular weight excluding hydrogens is 279 g/mol. The van der Waals surface area contributed by atoms with E-state index in [4.69, 9.17) is 16.3 Å². The Labute approximate surface area is 121 Å². The average molecular weight is 293 g/mol. The highest BCUT2D eigenvalue weighted by atomic mass is 35.5. The van der Waals surface area contributed by atoms with E-state index >= 15 is 0 Å². The highest BCUT2D eigenvalue weighted by Crippen LogP contribution is 2.26. The zero-order valence-corrected chi connectivity index (χ0v) is 11.5. The molecule has 0 bridgehead atoms. The van der Waals surface area contributed by atoms with Crippen molar-refractivity contribution in [1.82, 2.24) is 10.3 Å². The van der Waals surface area contributed by atoms with Crippen molar-refractivity contribution >= 4 is 11.6 Å². The van der Waals surface area contributed by atoms with Gasteiger partial charge in [-0.25, -0.2) is 9.37 Å². The first-order valence-corrected chi connectivity index (χ1v) is 6.90. The number of aromatic nitrogens is 1. The first-order valence-electron chi connectivity index (χ1n) is 6.52. The van der Waals surface area contributed by atoms with Gasteiger partial charge in [0.1, 0.15) is 0 Å². The molecule has 3 nitrogen and oxygen atoms in total. The Balaban J connectivity index is 1.75. The van der Waals surface area contributed by atoms with Crippen molar-refractivity contribution in [3.05, 3.63) is 52.9 Å². The third-order valence-corrected chi connectivity index (χ3v) is 3.46. The van der Waals surface area contributed by atoms with E-state index in [9.17, 15) is 4.39 Å². The van der Waals surface area contributed by atoms with Crippen LogP contribution in [-0.4, -0.2) is 11.0 Å². The molecule has 0 spiro atoms. The van der Waals surface area contributed by atoms with E-state index in [1.165, 1.54) is 25.1 Å². The van der Waals surface area contributed by atoms with Crippen molar-refractivity contribution in [3.63, 3.8) is 0 Å². The number of rotatable bonds is 5. The van der Waals surface area contributed by atoms with Gasteiger partial charge in [-0.2, -0.15) is 0 Å². The molecule has 0 amide bonds. The van der Waals surface area contributed by atoms with Gasteiger partial charge in [0.05, 0.1) is 5.02 Å². The lowest BCUT2D eigenvalue weighted by molar-refractivity contribution is 0.426. The smallest absolute Gasteiger partial charge is 0.219 e. The second-order valence-corrected chi connectivity index (χ2v) is 5.21. The maximum atomic E-state index is 13.5. The Morgan fingerprint density at radius 2 is 2.15 bits per heavy atom. The maximum absolute atomic E-state index is 13.5. The predicted molar refractivity (Wildman–Crippen MR) is 75.6 cm³/mol.